The fourth-order valence-electron chi connectivity index (χ4n) is 3.29. The number of carbonyl (C=O) groups excluding carboxylic acids is 1. The van der Waals surface area contributed by atoms with Crippen molar-refractivity contribution in [2.75, 3.05) is 11.1 Å². The number of benzene rings is 2. The minimum absolute atomic E-state index is 0.0540. The molecule has 0 atom stereocenters. The van der Waals surface area contributed by atoms with Crippen molar-refractivity contribution in [3.63, 3.8) is 0 Å². The molecule has 0 radical (unpaired) electrons. The Bertz CT molecular complexity index is 1230. The summed E-state index contributed by atoms with van der Waals surface area (Å²) in [4.78, 5) is 22.3. The third-order valence-corrected chi connectivity index (χ3v) is 6.87. The number of carbonyl (C=O) groups is 1. The van der Waals surface area contributed by atoms with Crippen LogP contribution in [-0.2, 0) is 4.79 Å². The molecular formula is C24H23N3O2S2. The highest BCUT2D eigenvalue weighted by atomic mass is 32.2. The van der Waals surface area contributed by atoms with Gasteiger partial charge in [0.15, 0.2) is 0 Å². The maximum atomic E-state index is 12.5. The Hall–Kier alpha value is -2.90. The predicted octanol–water partition coefficient (Wildman–Crippen LogP) is 6.23. The van der Waals surface area contributed by atoms with Crippen LogP contribution in [-0.4, -0.2) is 26.7 Å². The van der Waals surface area contributed by atoms with Crippen molar-refractivity contribution in [2.45, 2.75) is 31.7 Å². The summed E-state index contributed by atoms with van der Waals surface area (Å²) in [6.07, 6.45) is 1.54. The first kappa shape index (κ1) is 21.3. The second kappa shape index (κ2) is 9.08. The van der Waals surface area contributed by atoms with Gasteiger partial charge in [-0.2, -0.15) is 0 Å². The van der Waals surface area contributed by atoms with E-state index in [-0.39, 0.29) is 17.4 Å². The standard InChI is InChI=1S/C24H23N3O2S2/c1-14(2)16-5-7-17(8-6-16)18-11-30-23-22(18)24(26-13-25-23)31-12-21(29)27-19-10-15(3)4-9-20(19)28/h4-11,13-14,28H,12H2,1-3H3,(H,27,29). The van der Waals surface area contributed by atoms with E-state index in [1.807, 2.05) is 6.92 Å². The molecular weight excluding hydrogens is 426 g/mol. The van der Waals surface area contributed by atoms with Crippen LogP contribution in [0.25, 0.3) is 21.3 Å². The maximum Gasteiger partial charge on any atom is 0.234 e. The smallest absolute Gasteiger partial charge is 0.234 e. The topological polar surface area (TPSA) is 75.1 Å². The summed E-state index contributed by atoms with van der Waals surface area (Å²) >= 11 is 2.95. The lowest BCUT2D eigenvalue weighted by Crippen LogP contribution is -2.14. The van der Waals surface area contributed by atoms with Crippen LogP contribution >= 0.6 is 23.1 Å². The van der Waals surface area contributed by atoms with E-state index in [0.29, 0.717) is 11.6 Å². The summed E-state index contributed by atoms with van der Waals surface area (Å²) in [5, 5.41) is 16.6. The van der Waals surface area contributed by atoms with E-state index >= 15 is 0 Å². The summed E-state index contributed by atoms with van der Waals surface area (Å²) in [6.45, 7) is 6.27. The molecule has 0 fully saturated rings. The lowest BCUT2D eigenvalue weighted by atomic mass is 9.99. The highest BCUT2D eigenvalue weighted by Gasteiger charge is 2.15. The molecule has 4 rings (SSSR count). The molecule has 2 N–H and O–H groups in total. The largest absolute Gasteiger partial charge is 0.506 e. The van der Waals surface area contributed by atoms with Gasteiger partial charge in [0, 0.05) is 10.9 Å². The van der Waals surface area contributed by atoms with Crippen molar-refractivity contribution < 1.29 is 9.90 Å². The SMILES string of the molecule is Cc1ccc(O)c(NC(=O)CSc2ncnc3scc(-c4ccc(C(C)C)cc4)c23)c1. The van der Waals surface area contributed by atoms with E-state index in [0.717, 1.165) is 31.9 Å². The fraction of sp³-hybridized carbons (Fsp3) is 0.208. The first-order chi connectivity index (χ1) is 14.9. The number of anilines is 1. The molecule has 0 bridgehead atoms. The number of thiophene rings is 1. The molecule has 2 aromatic heterocycles. The summed E-state index contributed by atoms with van der Waals surface area (Å²) in [6, 6.07) is 13.7. The first-order valence-electron chi connectivity index (χ1n) is 9.97. The number of thioether (sulfide) groups is 1. The average molecular weight is 450 g/mol. The van der Waals surface area contributed by atoms with E-state index in [9.17, 15) is 9.90 Å². The van der Waals surface area contributed by atoms with Crippen LogP contribution < -0.4 is 5.32 Å². The van der Waals surface area contributed by atoms with Crippen molar-refractivity contribution in [1.82, 2.24) is 9.97 Å². The molecule has 0 unspecified atom stereocenters. The lowest BCUT2D eigenvalue weighted by Gasteiger charge is -2.09. The van der Waals surface area contributed by atoms with E-state index in [4.69, 9.17) is 0 Å². The Labute approximate surface area is 189 Å². The summed E-state index contributed by atoms with van der Waals surface area (Å²) < 4.78 is 0. The van der Waals surface area contributed by atoms with Gasteiger partial charge in [-0.15, -0.1) is 11.3 Å². The highest BCUT2D eigenvalue weighted by Crippen LogP contribution is 2.38. The number of aromatic hydroxyl groups is 1. The number of fused-ring (bicyclic) bond motifs is 1. The van der Waals surface area contributed by atoms with E-state index in [1.165, 1.54) is 23.7 Å². The number of hydrogen-bond acceptors (Lipinski definition) is 6. The van der Waals surface area contributed by atoms with Crippen LogP contribution in [0.2, 0.25) is 0 Å². The number of aromatic nitrogens is 2. The molecule has 0 saturated carbocycles. The predicted molar refractivity (Wildman–Crippen MR) is 129 cm³/mol. The van der Waals surface area contributed by atoms with Crippen LogP contribution in [0.3, 0.4) is 0 Å². The van der Waals surface area contributed by atoms with Gasteiger partial charge in [-0.25, -0.2) is 9.97 Å². The number of phenolic OH excluding ortho intramolecular Hbond substituents is 1. The van der Waals surface area contributed by atoms with Gasteiger partial charge in [0.05, 0.1) is 16.8 Å². The van der Waals surface area contributed by atoms with Crippen molar-refractivity contribution in [3.8, 4) is 16.9 Å². The molecule has 5 nitrogen and oxygen atoms in total. The first-order valence-corrected chi connectivity index (χ1v) is 11.8. The van der Waals surface area contributed by atoms with Gasteiger partial charge < -0.3 is 10.4 Å². The Morgan fingerprint density at radius 3 is 2.68 bits per heavy atom. The third-order valence-electron chi connectivity index (χ3n) is 4.99. The van der Waals surface area contributed by atoms with Crippen LogP contribution in [0, 0.1) is 6.92 Å². The van der Waals surface area contributed by atoms with Gasteiger partial charge in [-0.05, 0) is 41.7 Å². The van der Waals surface area contributed by atoms with Gasteiger partial charge >= 0.3 is 0 Å². The number of nitrogens with one attached hydrogen (secondary N) is 1. The second-order valence-electron chi connectivity index (χ2n) is 7.64. The normalized spacial score (nSPS) is 11.2. The average Bonchev–Trinajstić information content (AvgIpc) is 3.20. The molecule has 0 aliphatic rings. The van der Waals surface area contributed by atoms with E-state index < -0.39 is 0 Å². The minimum atomic E-state index is -0.198. The summed E-state index contributed by atoms with van der Waals surface area (Å²) in [5.41, 5.74) is 4.87. The molecule has 0 spiro atoms. The van der Waals surface area contributed by atoms with Gasteiger partial charge in [0.1, 0.15) is 21.9 Å². The number of rotatable bonds is 6. The van der Waals surface area contributed by atoms with Crippen LogP contribution in [0.1, 0.15) is 30.9 Å². The van der Waals surface area contributed by atoms with Crippen molar-refractivity contribution in [1.29, 1.82) is 0 Å². The molecule has 31 heavy (non-hydrogen) atoms. The number of hydrogen-bond donors (Lipinski definition) is 2. The molecule has 2 aromatic carbocycles. The van der Waals surface area contributed by atoms with E-state index in [1.54, 1.807) is 29.5 Å². The monoisotopic (exact) mass is 449 g/mol. The quantitative estimate of drug-likeness (QED) is 0.207. The fourth-order valence-corrected chi connectivity index (χ4v) is 5.08. The minimum Gasteiger partial charge on any atom is -0.506 e. The van der Waals surface area contributed by atoms with Crippen molar-refractivity contribution in [3.05, 3.63) is 65.3 Å². The zero-order chi connectivity index (χ0) is 22.0. The Balaban J connectivity index is 1.56. The lowest BCUT2D eigenvalue weighted by molar-refractivity contribution is -0.113. The molecule has 4 aromatic rings. The van der Waals surface area contributed by atoms with Crippen molar-refractivity contribution >= 4 is 44.9 Å². The zero-order valence-electron chi connectivity index (χ0n) is 17.5. The second-order valence-corrected chi connectivity index (χ2v) is 9.46. The van der Waals surface area contributed by atoms with Gasteiger partial charge in [0.2, 0.25) is 5.91 Å². The number of amides is 1. The number of aryl methyl sites for hydroxylation is 1. The van der Waals surface area contributed by atoms with Crippen LogP contribution in [0.5, 0.6) is 5.75 Å². The molecule has 158 valence electrons. The zero-order valence-corrected chi connectivity index (χ0v) is 19.2. The van der Waals surface area contributed by atoms with Gasteiger partial charge in [-0.3, -0.25) is 4.79 Å². The molecule has 2 heterocycles. The Morgan fingerprint density at radius 2 is 1.94 bits per heavy atom. The summed E-state index contributed by atoms with van der Waals surface area (Å²) in [5.74, 6) is 0.518. The number of nitrogens with zero attached hydrogens (tertiary/aromatic N) is 2. The van der Waals surface area contributed by atoms with Crippen LogP contribution in [0.15, 0.2) is 59.2 Å². The van der Waals surface area contributed by atoms with Crippen LogP contribution in [0.4, 0.5) is 5.69 Å². The highest BCUT2D eigenvalue weighted by molar-refractivity contribution is 8.00. The van der Waals surface area contributed by atoms with Crippen molar-refractivity contribution in [2.24, 2.45) is 0 Å². The Kier molecular flexibility index (Phi) is 6.25. The number of phenols is 1. The molecule has 7 heteroatoms. The van der Waals surface area contributed by atoms with E-state index in [2.05, 4.69) is 58.8 Å². The van der Waals surface area contributed by atoms with Gasteiger partial charge in [0.25, 0.3) is 0 Å². The Morgan fingerprint density at radius 1 is 1.16 bits per heavy atom. The molecule has 0 aliphatic heterocycles. The molecule has 0 aliphatic carbocycles. The molecule has 0 saturated heterocycles. The summed E-state index contributed by atoms with van der Waals surface area (Å²) in [7, 11) is 0. The van der Waals surface area contributed by atoms with Gasteiger partial charge in [-0.1, -0.05) is 55.9 Å². The third kappa shape index (κ3) is 4.73. The maximum absolute atomic E-state index is 12.5. The molecule has 1 amide bonds.